The van der Waals surface area contributed by atoms with Crippen molar-refractivity contribution < 1.29 is 0 Å². The van der Waals surface area contributed by atoms with E-state index in [1.807, 2.05) is 12.1 Å². The maximum absolute atomic E-state index is 5.48. The van der Waals surface area contributed by atoms with Crippen molar-refractivity contribution in [2.75, 3.05) is 0 Å². The molecular weight excluding hydrogens is 827 g/mol. The van der Waals surface area contributed by atoms with E-state index in [9.17, 15) is 0 Å². The van der Waals surface area contributed by atoms with Crippen molar-refractivity contribution in [2.45, 2.75) is 0 Å². The summed E-state index contributed by atoms with van der Waals surface area (Å²) in [7, 11) is 0. The van der Waals surface area contributed by atoms with Crippen molar-refractivity contribution in [3.8, 4) is 78.9 Å². The van der Waals surface area contributed by atoms with Gasteiger partial charge in [-0.25, -0.2) is 4.98 Å². The molecule has 318 valence electrons. The van der Waals surface area contributed by atoms with E-state index in [-0.39, 0.29) is 0 Å². The van der Waals surface area contributed by atoms with Crippen LogP contribution in [-0.2, 0) is 0 Å². The summed E-state index contributed by atoms with van der Waals surface area (Å²) in [6, 6.07) is 88.2. The smallest absolute Gasteiger partial charge is 0.238 e. The molecule has 10 aromatic carbocycles. The van der Waals surface area contributed by atoms with Gasteiger partial charge in [0.1, 0.15) is 0 Å². The first-order chi connectivity index (χ1) is 33.7. The molecule has 0 spiro atoms. The van der Waals surface area contributed by atoms with Gasteiger partial charge in [-0.3, -0.25) is 4.57 Å². The highest BCUT2D eigenvalue weighted by Crippen LogP contribution is 2.44. The van der Waals surface area contributed by atoms with Crippen LogP contribution in [-0.4, -0.2) is 24.1 Å². The average Bonchev–Trinajstić information content (AvgIpc) is 3.95. The van der Waals surface area contributed by atoms with E-state index in [4.69, 9.17) is 15.0 Å². The lowest BCUT2D eigenvalue weighted by Crippen LogP contribution is -2.07. The molecule has 68 heavy (non-hydrogen) atoms. The van der Waals surface area contributed by atoms with Crippen LogP contribution < -0.4 is 0 Å². The molecule has 0 atom stereocenters. The highest BCUT2D eigenvalue weighted by Gasteiger charge is 2.25. The van der Waals surface area contributed by atoms with E-state index in [2.05, 4.69) is 246 Å². The maximum atomic E-state index is 5.48. The van der Waals surface area contributed by atoms with E-state index >= 15 is 0 Å². The second-order valence-corrected chi connectivity index (χ2v) is 17.2. The second kappa shape index (κ2) is 16.4. The molecule has 13 rings (SSSR count). The SMILES string of the molecule is c1ccc(-c2ccc(-c3nc(-c4cccc(-c5ccccc5)c4)nc(-n4c5ccccc5c5ccc6c7ccccc7n(-c7ccc(-c8ccccc8)cc7-c7ccccc7)c6c54)n3)cc2)cc1. The van der Waals surface area contributed by atoms with Crippen LogP contribution in [0, 0.1) is 0 Å². The van der Waals surface area contributed by atoms with E-state index < -0.39 is 0 Å². The van der Waals surface area contributed by atoms with Gasteiger partial charge in [0.2, 0.25) is 5.95 Å². The van der Waals surface area contributed by atoms with Gasteiger partial charge in [-0.2, -0.15) is 9.97 Å². The van der Waals surface area contributed by atoms with Crippen molar-refractivity contribution in [2.24, 2.45) is 0 Å². The van der Waals surface area contributed by atoms with Crippen molar-refractivity contribution in [3.63, 3.8) is 0 Å². The molecule has 0 N–H and O–H groups in total. The predicted octanol–water partition coefficient (Wildman–Crippen LogP) is 16.1. The Morgan fingerprint density at radius 3 is 1.26 bits per heavy atom. The zero-order valence-electron chi connectivity index (χ0n) is 36.9. The number of rotatable bonds is 8. The lowest BCUT2D eigenvalue weighted by molar-refractivity contribution is 0.953. The summed E-state index contributed by atoms with van der Waals surface area (Å²) in [5.41, 5.74) is 16.2. The van der Waals surface area contributed by atoms with Crippen LogP contribution in [0.3, 0.4) is 0 Å². The molecule has 0 aliphatic heterocycles. The molecule has 0 unspecified atom stereocenters. The molecule has 13 aromatic rings. The quantitative estimate of drug-likeness (QED) is 0.153. The van der Waals surface area contributed by atoms with Crippen LogP contribution in [0.2, 0.25) is 0 Å². The molecule has 3 aromatic heterocycles. The number of hydrogen-bond acceptors (Lipinski definition) is 3. The predicted molar refractivity (Wildman–Crippen MR) is 281 cm³/mol. The summed E-state index contributed by atoms with van der Waals surface area (Å²) in [6.45, 7) is 0. The molecule has 0 aliphatic rings. The normalized spacial score (nSPS) is 11.5. The van der Waals surface area contributed by atoms with Crippen LogP contribution in [0.25, 0.3) is 123 Å². The molecule has 0 amide bonds. The number of aromatic nitrogens is 5. The van der Waals surface area contributed by atoms with E-state index in [0.717, 1.165) is 94.0 Å². The maximum Gasteiger partial charge on any atom is 0.238 e. The Kier molecular flexibility index (Phi) is 9.43. The third kappa shape index (κ3) is 6.68. The van der Waals surface area contributed by atoms with Crippen LogP contribution >= 0.6 is 0 Å². The Hall–Kier alpha value is -9.19. The number of para-hydroxylation sites is 2. The topological polar surface area (TPSA) is 48.5 Å². The highest BCUT2D eigenvalue weighted by molar-refractivity contribution is 6.24. The lowest BCUT2D eigenvalue weighted by atomic mass is 9.97. The number of fused-ring (bicyclic) bond motifs is 7. The third-order valence-electron chi connectivity index (χ3n) is 13.2. The third-order valence-corrected chi connectivity index (χ3v) is 13.2. The number of hydrogen-bond donors (Lipinski definition) is 0. The average molecular weight is 868 g/mol. The fourth-order valence-corrected chi connectivity index (χ4v) is 9.98. The summed E-state index contributed by atoms with van der Waals surface area (Å²) in [4.78, 5) is 16.2. The fraction of sp³-hybridized carbons (Fsp3) is 0. The van der Waals surface area contributed by atoms with Gasteiger partial charge in [0.15, 0.2) is 11.6 Å². The van der Waals surface area contributed by atoms with Crippen molar-refractivity contribution in [1.29, 1.82) is 0 Å². The monoisotopic (exact) mass is 867 g/mol. The van der Waals surface area contributed by atoms with Gasteiger partial charge in [0, 0.05) is 38.2 Å². The molecule has 0 fully saturated rings. The van der Waals surface area contributed by atoms with Gasteiger partial charge < -0.3 is 4.57 Å². The number of benzene rings is 10. The minimum absolute atomic E-state index is 0.542. The van der Waals surface area contributed by atoms with Gasteiger partial charge in [-0.15, -0.1) is 0 Å². The first kappa shape index (κ1) is 39.2. The molecule has 3 heterocycles. The lowest BCUT2D eigenvalue weighted by Gasteiger charge is -2.17. The van der Waals surface area contributed by atoms with Crippen LogP contribution in [0.1, 0.15) is 0 Å². The summed E-state index contributed by atoms with van der Waals surface area (Å²) >= 11 is 0. The van der Waals surface area contributed by atoms with E-state index in [1.54, 1.807) is 0 Å². The summed E-state index contributed by atoms with van der Waals surface area (Å²) in [5, 5.41) is 4.54. The minimum atomic E-state index is 0.542. The van der Waals surface area contributed by atoms with Gasteiger partial charge in [0.25, 0.3) is 0 Å². The Morgan fingerprint density at radius 2 is 0.662 bits per heavy atom. The Bertz CT molecular complexity index is 3990. The largest absolute Gasteiger partial charge is 0.307 e. The molecular formula is C63H41N5. The highest BCUT2D eigenvalue weighted by atomic mass is 15.2. The zero-order chi connectivity index (χ0) is 45.0. The van der Waals surface area contributed by atoms with Gasteiger partial charge in [-0.05, 0) is 69.3 Å². The Labute approximate surface area is 393 Å². The van der Waals surface area contributed by atoms with Crippen molar-refractivity contribution in [3.05, 3.63) is 249 Å². The first-order valence-electron chi connectivity index (χ1n) is 23.0. The molecule has 0 radical (unpaired) electrons. The molecule has 0 saturated heterocycles. The Morgan fingerprint density at radius 1 is 0.250 bits per heavy atom. The summed E-state index contributed by atoms with van der Waals surface area (Å²) in [5.74, 6) is 1.73. The number of nitrogens with zero attached hydrogens (tertiary/aromatic N) is 5. The Balaban J connectivity index is 1.12. The van der Waals surface area contributed by atoms with Crippen LogP contribution in [0.15, 0.2) is 249 Å². The standard InChI is InChI=1S/C63H41N5/c1-5-18-42(19-6-1)45-32-34-47(35-33-45)61-64-62(50-27-17-26-48(40-50)43-20-7-2-8-21-43)66-63(65-61)68-57-31-16-14-29-52(57)54-38-37-53-51-28-13-15-30-56(51)67(59(53)60(54)68)58-39-36-49(44-22-9-3-10-23-44)41-55(58)46-24-11-4-12-25-46/h1-41H. The van der Waals surface area contributed by atoms with Gasteiger partial charge in [0.05, 0.1) is 27.8 Å². The van der Waals surface area contributed by atoms with E-state index in [0.29, 0.717) is 17.6 Å². The first-order valence-corrected chi connectivity index (χ1v) is 23.0. The molecule has 0 saturated carbocycles. The van der Waals surface area contributed by atoms with Gasteiger partial charge in [-0.1, -0.05) is 218 Å². The second-order valence-electron chi connectivity index (χ2n) is 17.2. The van der Waals surface area contributed by atoms with Crippen molar-refractivity contribution in [1.82, 2.24) is 24.1 Å². The minimum Gasteiger partial charge on any atom is -0.307 e. The molecule has 5 heteroatoms. The molecule has 0 bridgehead atoms. The van der Waals surface area contributed by atoms with Crippen LogP contribution in [0.5, 0.6) is 0 Å². The van der Waals surface area contributed by atoms with Crippen molar-refractivity contribution >= 4 is 43.6 Å². The van der Waals surface area contributed by atoms with Crippen LogP contribution in [0.4, 0.5) is 0 Å². The molecule has 5 nitrogen and oxygen atoms in total. The van der Waals surface area contributed by atoms with Gasteiger partial charge >= 0.3 is 0 Å². The summed E-state index contributed by atoms with van der Waals surface area (Å²) in [6.07, 6.45) is 0. The molecule has 0 aliphatic carbocycles. The fourth-order valence-electron chi connectivity index (χ4n) is 9.98. The van der Waals surface area contributed by atoms with E-state index in [1.165, 1.54) is 10.9 Å². The summed E-state index contributed by atoms with van der Waals surface area (Å²) < 4.78 is 4.74. The zero-order valence-corrected chi connectivity index (χ0v) is 36.9.